The monoisotopic (exact) mass is 350 g/mol. The molecule has 0 aromatic rings. The lowest BCUT2D eigenvalue weighted by Crippen LogP contribution is -2.21. The number of rotatable bonds is 2. The molecule has 0 saturated heterocycles. The van der Waals surface area contributed by atoms with E-state index < -0.39 is 14.5 Å². The molecule has 0 N–H and O–H groups in total. The highest BCUT2D eigenvalue weighted by Crippen LogP contribution is 2.35. The zero-order chi connectivity index (χ0) is 6.78. The summed E-state index contributed by atoms with van der Waals surface area (Å²) in [5.41, 5.74) is 0. The van der Waals surface area contributed by atoms with Crippen molar-refractivity contribution in [1.29, 1.82) is 0 Å². The molecule has 0 saturated carbocycles. The van der Waals surface area contributed by atoms with E-state index in [0.29, 0.717) is 0 Å². The lowest BCUT2D eigenvalue weighted by Gasteiger charge is -2.11. The van der Waals surface area contributed by atoms with Crippen LogP contribution in [-0.2, 0) is 0 Å². The Morgan fingerprint density at radius 1 is 1.50 bits per heavy atom. The Hall–Kier alpha value is 1.25. The van der Waals surface area contributed by atoms with Gasteiger partial charge in [0.05, 0.1) is 0 Å². The third kappa shape index (κ3) is 3.31. The zero-order valence-electron chi connectivity index (χ0n) is 3.67. The molecular weight excluding hydrogens is 347 g/mol. The molecule has 0 heterocycles. The fraction of sp³-hybridized carbons (Fsp3) is 1.00. The molecule has 0 amide bonds. The molecule has 0 fully saturated rings. The van der Waals surface area contributed by atoms with Crippen LogP contribution in [0.15, 0.2) is 0 Å². The topological polar surface area (TPSA) is 0 Å². The van der Waals surface area contributed by atoms with E-state index in [9.17, 15) is 13.2 Å². The predicted molar refractivity (Wildman–Crippen MR) is 42.8 cm³/mol. The van der Waals surface area contributed by atoms with Crippen molar-refractivity contribution in [2.24, 2.45) is 0 Å². The van der Waals surface area contributed by atoms with Crippen LogP contribution in [0.5, 0.6) is 0 Å². The Kier molecular flexibility index (Phi) is 3.96. The van der Waals surface area contributed by atoms with E-state index in [0.717, 1.165) is 0 Å². The van der Waals surface area contributed by atoms with Gasteiger partial charge in [0.2, 0.25) is 1.68 Å². The minimum Gasteiger partial charge on any atom is -0.248 e. The maximum atomic E-state index is 12.1. The van der Waals surface area contributed by atoms with Gasteiger partial charge in [-0.2, -0.15) is 0 Å². The summed E-state index contributed by atoms with van der Waals surface area (Å²) in [4.78, 5) is 0. The minimum absolute atomic E-state index is 1.21. The first kappa shape index (κ1) is 9.25. The normalized spacial score (nSPS) is 16.1. The summed E-state index contributed by atoms with van der Waals surface area (Å²) in [5.74, 6) is 0. The maximum absolute atomic E-state index is 12.1. The summed E-state index contributed by atoms with van der Waals surface area (Å²) < 4.78 is 33.2. The van der Waals surface area contributed by atoms with Gasteiger partial charge in [-0.05, 0) is 45.2 Å². The standard InChI is InChI=1S/C3H3F3I2/c4-1-2(5)3(6,7)8/h2H,1H2. The average molecular weight is 350 g/mol. The summed E-state index contributed by atoms with van der Waals surface area (Å²) in [6.07, 6.45) is -2.01. The summed E-state index contributed by atoms with van der Waals surface area (Å²) >= 11 is 2.42. The van der Waals surface area contributed by atoms with Crippen LogP contribution in [0.2, 0.25) is 0 Å². The molecule has 0 nitrogen and oxygen atoms in total. The van der Waals surface area contributed by atoms with Gasteiger partial charge in [-0.15, -0.1) is 0 Å². The molecule has 0 aromatic heterocycles. The zero-order valence-corrected chi connectivity index (χ0v) is 7.99. The number of halogens is 5. The van der Waals surface area contributed by atoms with E-state index in [1.165, 1.54) is 45.2 Å². The highest BCUT2D eigenvalue weighted by Gasteiger charge is 2.33. The van der Waals surface area contributed by atoms with E-state index in [-0.39, 0.29) is 0 Å². The fourth-order valence-electron chi connectivity index (χ4n) is 0.0875. The third-order valence-electron chi connectivity index (χ3n) is 0.491. The summed E-state index contributed by atoms with van der Waals surface area (Å²) in [7, 11) is 0. The van der Waals surface area contributed by atoms with Gasteiger partial charge in [0.1, 0.15) is 6.67 Å². The van der Waals surface area contributed by atoms with Gasteiger partial charge in [0.15, 0.2) is 6.17 Å². The second-order valence-electron chi connectivity index (χ2n) is 1.16. The quantitative estimate of drug-likeness (QED) is 0.531. The van der Waals surface area contributed by atoms with Gasteiger partial charge < -0.3 is 0 Å². The molecule has 50 valence electrons. The molecule has 0 bridgehead atoms. The molecule has 0 rings (SSSR count). The molecule has 1 atom stereocenters. The molecule has 0 spiro atoms. The molecule has 0 aliphatic heterocycles. The molecule has 0 radical (unpaired) electrons. The van der Waals surface area contributed by atoms with E-state index in [1.54, 1.807) is 0 Å². The van der Waals surface area contributed by atoms with Gasteiger partial charge in [0.25, 0.3) is 0 Å². The van der Waals surface area contributed by atoms with Crippen molar-refractivity contribution < 1.29 is 13.2 Å². The van der Waals surface area contributed by atoms with Crippen LogP contribution in [0, 0.1) is 0 Å². The Morgan fingerprint density at radius 3 is 1.88 bits per heavy atom. The van der Waals surface area contributed by atoms with Gasteiger partial charge in [-0.1, -0.05) is 0 Å². The Bertz CT molecular complexity index is 69.4. The average Bonchev–Trinajstić information content (AvgIpc) is 1.62. The highest BCUT2D eigenvalue weighted by atomic mass is 127. The Balaban J connectivity index is 3.62. The van der Waals surface area contributed by atoms with Gasteiger partial charge >= 0.3 is 0 Å². The van der Waals surface area contributed by atoms with Crippen LogP contribution in [0.3, 0.4) is 0 Å². The first-order valence-electron chi connectivity index (χ1n) is 1.75. The van der Waals surface area contributed by atoms with Crippen molar-refractivity contribution >= 4 is 45.2 Å². The lowest BCUT2D eigenvalue weighted by atomic mass is 10.5. The van der Waals surface area contributed by atoms with Crippen molar-refractivity contribution in [2.45, 2.75) is 7.85 Å². The molecule has 0 aromatic carbocycles. The van der Waals surface area contributed by atoms with E-state index in [2.05, 4.69) is 0 Å². The van der Waals surface area contributed by atoms with Crippen molar-refractivity contribution in [3.63, 3.8) is 0 Å². The van der Waals surface area contributed by atoms with Gasteiger partial charge in [0, 0.05) is 0 Å². The molecule has 0 aliphatic rings. The number of alkyl halides is 5. The first-order chi connectivity index (χ1) is 3.48. The number of hydrogen-bond donors (Lipinski definition) is 0. The van der Waals surface area contributed by atoms with Gasteiger partial charge in [-0.25, -0.2) is 13.2 Å². The van der Waals surface area contributed by atoms with E-state index in [1.807, 2.05) is 0 Å². The molecule has 0 aliphatic carbocycles. The van der Waals surface area contributed by atoms with Crippen molar-refractivity contribution in [1.82, 2.24) is 0 Å². The lowest BCUT2D eigenvalue weighted by molar-refractivity contribution is 0.192. The highest BCUT2D eigenvalue weighted by molar-refractivity contribution is 14.2. The van der Waals surface area contributed by atoms with Crippen LogP contribution < -0.4 is 0 Å². The SMILES string of the molecule is FCC(F)C(F)(I)I. The third-order valence-corrected chi connectivity index (χ3v) is 1.84. The molecule has 8 heavy (non-hydrogen) atoms. The van der Waals surface area contributed by atoms with Crippen molar-refractivity contribution in [3.05, 3.63) is 0 Å². The summed E-state index contributed by atoms with van der Waals surface area (Å²) in [6, 6.07) is 0. The maximum Gasteiger partial charge on any atom is 0.243 e. The van der Waals surface area contributed by atoms with Crippen LogP contribution in [-0.4, -0.2) is 14.5 Å². The molecular formula is C3H3F3I2. The molecule has 5 heteroatoms. The summed E-state index contributed by atoms with van der Waals surface area (Å²) in [6.45, 7) is -1.26. The smallest absolute Gasteiger partial charge is 0.243 e. The van der Waals surface area contributed by atoms with E-state index >= 15 is 0 Å². The summed E-state index contributed by atoms with van der Waals surface area (Å²) in [5, 5.41) is 0. The van der Waals surface area contributed by atoms with Crippen LogP contribution in [0.25, 0.3) is 0 Å². The van der Waals surface area contributed by atoms with Crippen molar-refractivity contribution in [3.8, 4) is 0 Å². The van der Waals surface area contributed by atoms with Crippen molar-refractivity contribution in [2.75, 3.05) is 6.67 Å². The van der Waals surface area contributed by atoms with E-state index in [4.69, 9.17) is 0 Å². The largest absolute Gasteiger partial charge is 0.248 e. The van der Waals surface area contributed by atoms with Crippen LogP contribution in [0.4, 0.5) is 13.2 Å². The van der Waals surface area contributed by atoms with Crippen LogP contribution in [0.1, 0.15) is 0 Å². The Labute approximate surface area is 72.5 Å². The second kappa shape index (κ2) is 3.43. The molecule has 1 unspecified atom stereocenters. The van der Waals surface area contributed by atoms with Crippen LogP contribution >= 0.6 is 45.2 Å². The first-order valence-corrected chi connectivity index (χ1v) is 3.91. The second-order valence-corrected chi connectivity index (χ2v) is 6.37. The predicted octanol–water partition coefficient (Wildman–Crippen LogP) is 2.79. The fourth-order valence-corrected chi connectivity index (χ4v) is 0.420. The van der Waals surface area contributed by atoms with Gasteiger partial charge in [-0.3, -0.25) is 0 Å². The Morgan fingerprint density at radius 2 is 1.88 bits per heavy atom. The minimum atomic E-state index is -2.09. The number of hydrogen-bond acceptors (Lipinski definition) is 0.